The van der Waals surface area contributed by atoms with Crippen LogP contribution in [0.25, 0.3) is 21.8 Å². The summed E-state index contributed by atoms with van der Waals surface area (Å²) in [6.07, 6.45) is 3.95. The molecule has 3 rings (SSSR count). The largest absolute Gasteiger partial charge is 0.354 e. The Morgan fingerprint density at radius 2 is 2.09 bits per heavy atom. The fourth-order valence-electron chi connectivity index (χ4n) is 2.62. The van der Waals surface area contributed by atoms with Crippen molar-refractivity contribution in [1.82, 2.24) is 15.3 Å². The van der Waals surface area contributed by atoms with Crippen LogP contribution in [0.15, 0.2) is 36.5 Å². The molecule has 0 bridgehead atoms. The van der Waals surface area contributed by atoms with Crippen molar-refractivity contribution in [3.63, 3.8) is 0 Å². The van der Waals surface area contributed by atoms with E-state index in [-0.39, 0.29) is 11.9 Å². The van der Waals surface area contributed by atoms with Gasteiger partial charge < -0.3 is 10.3 Å². The molecule has 1 amide bonds. The number of H-pyrrole nitrogens is 1. The van der Waals surface area contributed by atoms with E-state index in [1.165, 1.54) is 10.8 Å². The lowest BCUT2D eigenvalue weighted by Crippen LogP contribution is -2.32. The summed E-state index contributed by atoms with van der Waals surface area (Å²) in [5.74, 6) is 0.0928. The van der Waals surface area contributed by atoms with Gasteiger partial charge in [-0.2, -0.15) is 0 Å². The third kappa shape index (κ3) is 2.96. The standard InChI is InChI=1S/C18H21N3O/c1-3-12(2)20-18(22)9-8-13-10-15-14-6-4-5-7-16(14)21-17(15)11-19-13/h4-7,10-12,21H,3,8-9H2,1-2H3,(H,20,22). The van der Waals surface area contributed by atoms with Crippen molar-refractivity contribution in [2.45, 2.75) is 39.2 Å². The number of nitrogens with zero attached hydrogens (tertiary/aromatic N) is 1. The van der Waals surface area contributed by atoms with Crippen molar-refractivity contribution in [3.05, 3.63) is 42.2 Å². The molecule has 4 heteroatoms. The minimum absolute atomic E-state index is 0.0928. The lowest BCUT2D eigenvalue weighted by Gasteiger charge is -2.10. The molecule has 114 valence electrons. The van der Waals surface area contributed by atoms with Crippen molar-refractivity contribution in [3.8, 4) is 0 Å². The van der Waals surface area contributed by atoms with Crippen LogP contribution in [0.3, 0.4) is 0 Å². The number of fused-ring (bicyclic) bond motifs is 3. The summed E-state index contributed by atoms with van der Waals surface area (Å²) in [6, 6.07) is 10.5. The van der Waals surface area contributed by atoms with E-state index in [1.807, 2.05) is 25.3 Å². The predicted octanol–water partition coefficient (Wildman–Crippen LogP) is 3.56. The Balaban J connectivity index is 1.77. The van der Waals surface area contributed by atoms with Gasteiger partial charge in [0.25, 0.3) is 0 Å². The number of benzene rings is 1. The Bertz CT molecular complexity index is 806. The molecule has 1 atom stereocenters. The molecular formula is C18H21N3O. The van der Waals surface area contributed by atoms with Crippen LogP contribution >= 0.6 is 0 Å². The highest BCUT2D eigenvalue weighted by atomic mass is 16.1. The number of rotatable bonds is 5. The van der Waals surface area contributed by atoms with Gasteiger partial charge in [0.1, 0.15) is 0 Å². The summed E-state index contributed by atoms with van der Waals surface area (Å²) in [7, 11) is 0. The van der Waals surface area contributed by atoms with Gasteiger partial charge in [-0.05, 0) is 31.9 Å². The molecule has 4 nitrogen and oxygen atoms in total. The molecular weight excluding hydrogens is 274 g/mol. The Labute approximate surface area is 129 Å². The molecule has 0 aliphatic rings. The van der Waals surface area contributed by atoms with Crippen molar-refractivity contribution < 1.29 is 4.79 Å². The summed E-state index contributed by atoms with van der Waals surface area (Å²) >= 11 is 0. The van der Waals surface area contributed by atoms with E-state index in [0.717, 1.165) is 23.1 Å². The van der Waals surface area contributed by atoms with Crippen LogP contribution in [-0.4, -0.2) is 21.9 Å². The summed E-state index contributed by atoms with van der Waals surface area (Å²) < 4.78 is 0. The molecule has 22 heavy (non-hydrogen) atoms. The Morgan fingerprint density at radius 3 is 2.91 bits per heavy atom. The third-order valence-electron chi connectivity index (χ3n) is 4.08. The average molecular weight is 295 g/mol. The molecule has 0 aliphatic carbocycles. The summed E-state index contributed by atoms with van der Waals surface area (Å²) in [5.41, 5.74) is 3.11. The quantitative estimate of drug-likeness (QED) is 0.756. The average Bonchev–Trinajstić information content (AvgIpc) is 2.90. The summed E-state index contributed by atoms with van der Waals surface area (Å²) in [6.45, 7) is 4.09. The van der Waals surface area contributed by atoms with Gasteiger partial charge in [0.2, 0.25) is 5.91 Å². The zero-order chi connectivity index (χ0) is 15.5. The van der Waals surface area contributed by atoms with Crippen LogP contribution < -0.4 is 5.32 Å². The number of aromatic amines is 1. The molecule has 1 unspecified atom stereocenters. The Morgan fingerprint density at radius 1 is 1.27 bits per heavy atom. The normalized spacial score (nSPS) is 12.6. The number of hydrogen-bond acceptors (Lipinski definition) is 2. The van der Waals surface area contributed by atoms with Crippen molar-refractivity contribution >= 4 is 27.7 Å². The van der Waals surface area contributed by atoms with Crippen molar-refractivity contribution in [2.75, 3.05) is 0 Å². The number of hydrogen-bond donors (Lipinski definition) is 2. The second-order valence-corrected chi connectivity index (χ2v) is 5.77. The molecule has 2 heterocycles. The molecule has 0 fully saturated rings. The molecule has 0 aliphatic heterocycles. The lowest BCUT2D eigenvalue weighted by atomic mass is 10.1. The smallest absolute Gasteiger partial charge is 0.220 e. The van der Waals surface area contributed by atoms with E-state index in [2.05, 4.69) is 40.4 Å². The number of carbonyl (C=O) groups excluding carboxylic acids is 1. The first kappa shape index (κ1) is 14.6. The number of nitrogens with one attached hydrogen (secondary N) is 2. The van der Waals surface area contributed by atoms with Crippen LogP contribution in [0, 0.1) is 0 Å². The van der Waals surface area contributed by atoms with E-state index < -0.39 is 0 Å². The van der Waals surface area contributed by atoms with Gasteiger partial charge in [0, 0.05) is 34.4 Å². The summed E-state index contributed by atoms with van der Waals surface area (Å²) in [5, 5.41) is 5.36. The monoisotopic (exact) mass is 295 g/mol. The van der Waals surface area contributed by atoms with Gasteiger partial charge in [-0.3, -0.25) is 9.78 Å². The molecule has 1 aromatic carbocycles. The van der Waals surface area contributed by atoms with Gasteiger partial charge >= 0.3 is 0 Å². The first-order valence-corrected chi connectivity index (χ1v) is 7.82. The maximum atomic E-state index is 11.9. The van der Waals surface area contributed by atoms with E-state index >= 15 is 0 Å². The molecule has 0 spiro atoms. The van der Waals surface area contributed by atoms with E-state index in [9.17, 15) is 4.79 Å². The molecule has 3 aromatic rings. The Hall–Kier alpha value is -2.36. The zero-order valence-corrected chi connectivity index (χ0v) is 13.0. The number of aromatic nitrogens is 2. The molecule has 0 saturated heterocycles. The maximum Gasteiger partial charge on any atom is 0.220 e. The van der Waals surface area contributed by atoms with E-state index in [4.69, 9.17) is 0 Å². The van der Waals surface area contributed by atoms with Crippen LogP contribution in [0.5, 0.6) is 0 Å². The number of pyridine rings is 1. The molecule has 0 radical (unpaired) electrons. The third-order valence-corrected chi connectivity index (χ3v) is 4.08. The number of carbonyl (C=O) groups is 1. The molecule has 2 aromatic heterocycles. The molecule has 2 N–H and O–H groups in total. The highest BCUT2D eigenvalue weighted by Gasteiger charge is 2.08. The fraction of sp³-hybridized carbons (Fsp3) is 0.333. The second-order valence-electron chi connectivity index (χ2n) is 5.77. The van der Waals surface area contributed by atoms with E-state index in [1.54, 1.807) is 0 Å². The van der Waals surface area contributed by atoms with Gasteiger partial charge in [-0.15, -0.1) is 0 Å². The van der Waals surface area contributed by atoms with Gasteiger partial charge in [-0.25, -0.2) is 0 Å². The van der Waals surface area contributed by atoms with Crippen LogP contribution in [0.1, 0.15) is 32.4 Å². The van der Waals surface area contributed by atoms with Gasteiger partial charge in [0.05, 0.1) is 11.7 Å². The Kier molecular flexibility index (Phi) is 4.09. The highest BCUT2D eigenvalue weighted by Crippen LogP contribution is 2.25. The maximum absolute atomic E-state index is 11.9. The van der Waals surface area contributed by atoms with Crippen LogP contribution in [0.2, 0.25) is 0 Å². The van der Waals surface area contributed by atoms with Crippen LogP contribution in [0.4, 0.5) is 0 Å². The number of amides is 1. The van der Waals surface area contributed by atoms with Gasteiger partial charge in [0.15, 0.2) is 0 Å². The topological polar surface area (TPSA) is 57.8 Å². The highest BCUT2D eigenvalue weighted by molar-refractivity contribution is 6.06. The SMILES string of the molecule is CCC(C)NC(=O)CCc1cc2c(cn1)[nH]c1ccccc12. The predicted molar refractivity (Wildman–Crippen MR) is 89.8 cm³/mol. The van der Waals surface area contributed by atoms with Crippen LogP contribution in [-0.2, 0) is 11.2 Å². The minimum atomic E-state index is 0.0928. The fourth-order valence-corrected chi connectivity index (χ4v) is 2.62. The zero-order valence-electron chi connectivity index (χ0n) is 13.0. The van der Waals surface area contributed by atoms with Crippen molar-refractivity contribution in [1.29, 1.82) is 0 Å². The number of aryl methyl sites for hydroxylation is 1. The van der Waals surface area contributed by atoms with Gasteiger partial charge in [-0.1, -0.05) is 25.1 Å². The second kappa shape index (κ2) is 6.18. The first-order valence-electron chi connectivity index (χ1n) is 7.82. The number of para-hydroxylation sites is 1. The first-order chi connectivity index (χ1) is 10.7. The summed E-state index contributed by atoms with van der Waals surface area (Å²) in [4.78, 5) is 19.7. The minimum Gasteiger partial charge on any atom is -0.354 e. The van der Waals surface area contributed by atoms with Crippen molar-refractivity contribution in [2.24, 2.45) is 0 Å². The van der Waals surface area contributed by atoms with E-state index in [0.29, 0.717) is 12.8 Å². The molecule has 0 saturated carbocycles. The lowest BCUT2D eigenvalue weighted by molar-refractivity contribution is -0.121.